The smallest absolute Gasteiger partial charge is 0.314 e. The van der Waals surface area contributed by atoms with Crippen molar-refractivity contribution in [3.63, 3.8) is 0 Å². The molecule has 4 N–H and O–H groups in total. The number of hydrogen-bond acceptors (Lipinski definition) is 5. The van der Waals surface area contributed by atoms with Gasteiger partial charge in [0.15, 0.2) is 0 Å². The minimum Gasteiger partial charge on any atom is -0.508 e. The highest BCUT2D eigenvalue weighted by Crippen LogP contribution is 2.17. The molecule has 1 unspecified atom stereocenters. The third-order valence-electron chi connectivity index (χ3n) is 4.02. The van der Waals surface area contributed by atoms with E-state index in [1.54, 1.807) is 12.1 Å². The Morgan fingerprint density at radius 1 is 1.26 bits per heavy atom. The van der Waals surface area contributed by atoms with Crippen LogP contribution in [0.5, 0.6) is 5.75 Å². The summed E-state index contributed by atoms with van der Waals surface area (Å²) in [5.74, 6) is 0.0955. The second-order valence-corrected chi connectivity index (χ2v) is 5.89. The number of nitrogens with one attached hydrogen (secondary N) is 2. The molecule has 2 amide bonds. The summed E-state index contributed by atoms with van der Waals surface area (Å²) in [6, 6.07) is 6.09. The second kappa shape index (κ2) is 8.71. The van der Waals surface area contributed by atoms with Crippen molar-refractivity contribution in [3.05, 3.63) is 29.8 Å². The molecule has 1 aromatic rings. The van der Waals surface area contributed by atoms with E-state index >= 15 is 0 Å². The maximum Gasteiger partial charge on any atom is 0.314 e. The van der Waals surface area contributed by atoms with Crippen LogP contribution in [-0.2, 0) is 0 Å². The number of aromatic hydroxyl groups is 1. The van der Waals surface area contributed by atoms with Crippen LogP contribution in [0.3, 0.4) is 0 Å². The van der Waals surface area contributed by atoms with Crippen LogP contribution in [0.2, 0.25) is 0 Å². The third-order valence-corrected chi connectivity index (χ3v) is 4.02. The molecule has 0 radical (unpaired) electrons. The van der Waals surface area contributed by atoms with Crippen LogP contribution in [0.15, 0.2) is 24.3 Å². The topological polar surface area (TPSA) is 88.1 Å². The van der Waals surface area contributed by atoms with Crippen LogP contribution in [0, 0.1) is 0 Å². The Labute approximate surface area is 136 Å². The third kappa shape index (κ3) is 6.05. The van der Waals surface area contributed by atoms with E-state index in [2.05, 4.69) is 27.5 Å². The molecule has 0 bridgehead atoms. The highest BCUT2D eigenvalue weighted by atomic mass is 16.3. The molecule has 1 atom stereocenters. The summed E-state index contributed by atoms with van der Waals surface area (Å²) in [4.78, 5) is 16.3. The molecule has 1 saturated heterocycles. The minimum absolute atomic E-state index is 0.0955. The van der Waals surface area contributed by atoms with Crippen molar-refractivity contribution in [2.45, 2.75) is 6.10 Å². The lowest BCUT2D eigenvalue weighted by molar-refractivity contribution is 0.154. The number of aliphatic hydroxyl groups excluding tert-OH is 1. The highest BCUT2D eigenvalue weighted by molar-refractivity contribution is 5.73. The Balaban J connectivity index is 1.61. The average molecular weight is 322 g/mol. The number of hydrogen-bond donors (Lipinski definition) is 4. The Morgan fingerprint density at radius 3 is 2.70 bits per heavy atom. The number of carbonyl (C=O) groups is 1. The number of aliphatic hydroxyl groups is 1. The molecule has 2 rings (SSSR count). The predicted molar refractivity (Wildman–Crippen MR) is 88.4 cm³/mol. The van der Waals surface area contributed by atoms with Crippen LogP contribution >= 0.6 is 0 Å². The van der Waals surface area contributed by atoms with Gasteiger partial charge in [-0.1, -0.05) is 12.1 Å². The summed E-state index contributed by atoms with van der Waals surface area (Å²) in [5, 5.41) is 24.8. The number of phenolic OH excluding ortho intramolecular Hbond substituents is 1. The van der Waals surface area contributed by atoms with E-state index in [0.29, 0.717) is 12.1 Å². The van der Waals surface area contributed by atoms with E-state index in [-0.39, 0.29) is 18.3 Å². The van der Waals surface area contributed by atoms with Gasteiger partial charge in [0.05, 0.1) is 6.10 Å². The van der Waals surface area contributed by atoms with Crippen molar-refractivity contribution in [2.75, 3.05) is 52.9 Å². The summed E-state index contributed by atoms with van der Waals surface area (Å²) in [6.45, 7) is 5.68. The first-order valence-electron chi connectivity index (χ1n) is 7.94. The van der Waals surface area contributed by atoms with Crippen molar-refractivity contribution in [1.29, 1.82) is 0 Å². The molecule has 1 aliphatic heterocycles. The van der Waals surface area contributed by atoms with Gasteiger partial charge in [-0.05, 0) is 24.7 Å². The van der Waals surface area contributed by atoms with Crippen molar-refractivity contribution < 1.29 is 15.0 Å². The van der Waals surface area contributed by atoms with E-state index in [1.807, 2.05) is 0 Å². The molecule has 128 valence electrons. The number of urea groups is 1. The van der Waals surface area contributed by atoms with Gasteiger partial charge in [-0.15, -0.1) is 0 Å². The molecule has 1 aromatic carbocycles. The monoisotopic (exact) mass is 322 g/mol. The number of phenols is 1. The van der Waals surface area contributed by atoms with Gasteiger partial charge < -0.3 is 25.7 Å². The fraction of sp³-hybridized carbons (Fsp3) is 0.562. The van der Waals surface area contributed by atoms with E-state index in [1.165, 1.54) is 12.1 Å². The Morgan fingerprint density at radius 2 is 2.00 bits per heavy atom. The molecule has 7 nitrogen and oxygen atoms in total. The van der Waals surface area contributed by atoms with Gasteiger partial charge in [0.1, 0.15) is 5.75 Å². The first-order valence-corrected chi connectivity index (χ1v) is 7.94. The fourth-order valence-electron chi connectivity index (χ4n) is 2.50. The van der Waals surface area contributed by atoms with Gasteiger partial charge >= 0.3 is 6.03 Å². The summed E-state index contributed by atoms with van der Waals surface area (Å²) < 4.78 is 0. The van der Waals surface area contributed by atoms with Gasteiger partial charge in [-0.25, -0.2) is 4.79 Å². The van der Waals surface area contributed by atoms with E-state index in [4.69, 9.17) is 0 Å². The maximum atomic E-state index is 11.7. The lowest BCUT2D eigenvalue weighted by Gasteiger charge is -2.32. The lowest BCUT2D eigenvalue weighted by atomic mass is 10.1. The molecule has 7 heteroatoms. The molecular formula is C16H26N4O3. The summed E-state index contributed by atoms with van der Waals surface area (Å²) in [7, 11) is 2.11. The van der Waals surface area contributed by atoms with Crippen molar-refractivity contribution >= 4 is 6.03 Å². The van der Waals surface area contributed by atoms with Crippen LogP contribution in [0.4, 0.5) is 4.79 Å². The molecule has 23 heavy (non-hydrogen) atoms. The van der Waals surface area contributed by atoms with Gasteiger partial charge in [0, 0.05) is 45.8 Å². The Kier molecular flexibility index (Phi) is 6.64. The van der Waals surface area contributed by atoms with E-state index < -0.39 is 6.10 Å². The maximum absolute atomic E-state index is 11.7. The molecule has 0 saturated carbocycles. The van der Waals surface area contributed by atoms with Crippen molar-refractivity contribution in [2.24, 2.45) is 0 Å². The first-order chi connectivity index (χ1) is 11.0. The SMILES string of the molecule is CN1CCN(CCNC(=O)NCC(O)c2cccc(O)c2)CC1. The van der Waals surface area contributed by atoms with Crippen LogP contribution in [0.25, 0.3) is 0 Å². The zero-order valence-electron chi connectivity index (χ0n) is 13.5. The minimum atomic E-state index is -0.842. The van der Waals surface area contributed by atoms with Crippen LogP contribution in [-0.4, -0.2) is 78.9 Å². The van der Waals surface area contributed by atoms with Gasteiger partial charge in [-0.2, -0.15) is 0 Å². The first kappa shape index (κ1) is 17.5. The average Bonchev–Trinajstić information content (AvgIpc) is 2.54. The number of rotatable bonds is 6. The van der Waals surface area contributed by atoms with Gasteiger partial charge in [0.2, 0.25) is 0 Å². The Bertz CT molecular complexity index is 504. The summed E-state index contributed by atoms with van der Waals surface area (Å²) in [6.07, 6.45) is -0.842. The number of likely N-dealkylation sites (N-methyl/N-ethyl adjacent to an activating group) is 1. The zero-order chi connectivity index (χ0) is 16.7. The zero-order valence-corrected chi connectivity index (χ0v) is 13.5. The van der Waals surface area contributed by atoms with Crippen molar-refractivity contribution in [1.82, 2.24) is 20.4 Å². The highest BCUT2D eigenvalue weighted by Gasteiger charge is 2.14. The molecule has 0 aromatic heterocycles. The molecule has 0 aliphatic carbocycles. The largest absolute Gasteiger partial charge is 0.508 e. The van der Waals surface area contributed by atoms with Crippen LogP contribution < -0.4 is 10.6 Å². The van der Waals surface area contributed by atoms with Crippen LogP contribution in [0.1, 0.15) is 11.7 Å². The molecular weight excluding hydrogens is 296 g/mol. The quantitative estimate of drug-likeness (QED) is 0.591. The molecule has 1 aliphatic rings. The van der Waals surface area contributed by atoms with E-state index in [0.717, 1.165) is 32.7 Å². The normalized spacial score (nSPS) is 17.7. The lowest BCUT2D eigenvalue weighted by Crippen LogP contribution is -2.48. The summed E-state index contributed by atoms with van der Waals surface area (Å²) in [5.41, 5.74) is 0.572. The predicted octanol–water partition coefficient (Wildman–Crippen LogP) is -0.0278. The van der Waals surface area contributed by atoms with Gasteiger partial charge in [0.25, 0.3) is 0 Å². The number of piperazine rings is 1. The number of nitrogens with zero attached hydrogens (tertiary/aromatic N) is 2. The summed E-state index contributed by atoms with van der Waals surface area (Å²) >= 11 is 0. The van der Waals surface area contributed by atoms with Gasteiger partial charge in [-0.3, -0.25) is 4.90 Å². The standard InChI is InChI=1S/C16H26N4O3/c1-19-7-9-20(10-8-19)6-5-17-16(23)18-12-15(22)13-3-2-4-14(21)11-13/h2-4,11,15,21-22H,5-10,12H2,1H3,(H2,17,18,23). The molecule has 1 heterocycles. The van der Waals surface area contributed by atoms with E-state index in [9.17, 15) is 15.0 Å². The Hall–Kier alpha value is -1.83. The number of benzene rings is 1. The van der Waals surface area contributed by atoms with Crippen molar-refractivity contribution in [3.8, 4) is 5.75 Å². The number of amides is 2. The number of carbonyl (C=O) groups excluding carboxylic acids is 1. The fourth-order valence-corrected chi connectivity index (χ4v) is 2.50. The molecule has 0 spiro atoms. The second-order valence-electron chi connectivity index (χ2n) is 5.89. The molecule has 1 fully saturated rings.